The Balaban J connectivity index is 1.34. The number of pyridine rings is 1. The lowest BCUT2D eigenvalue weighted by molar-refractivity contribution is 0.0954. The number of nitrogens with zero attached hydrogens (tertiary/aromatic N) is 4. The van der Waals surface area contributed by atoms with Gasteiger partial charge in [0.15, 0.2) is 0 Å². The third kappa shape index (κ3) is 3.92. The molecule has 0 saturated carbocycles. The van der Waals surface area contributed by atoms with E-state index in [0.717, 1.165) is 32.8 Å². The van der Waals surface area contributed by atoms with E-state index in [1.807, 2.05) is 34.3 Å². The van der Waals surface area contributed by atoms with Crippen molar-refractivity contribution < 1.29 is 9.18 Å². The molecule has 0 aliphatic carbocycles. The van der Waals surface area contributed by atoms with Crippen LogP contribution in [-0.2, 0) is 13.1 Å². The molecule has 4 heterocycles. The summed E-state index contributed by atoms with van der Waals surface area (Å²) >= 11 is 7.39. The van der Waals surface area contributed by atoms with Gasteiger partial charge < -0.3 is 9.72 Å². The minimum atomic E-state index is -0.269. The number of carbonyl (C=O) groups is 1. The van der Waals surface area contributed by atoms with Crippen LogP contribution in [0.1, 0.15) is 26.6 Å². The zero-order valence-corrected chi connectivity index (χ0v) is 18.0. The van der Waals surface area contributed by atoms with Gasteiger partial charge in [-0.1, -0.05) is 23.7 Å². The number of hydrogen-bond acceptors (Lipinski definition) is 4. The predicted molar refractivity (Wildman–Crippen MR) is 119 cm³/mol. The molecule has 1 amide bonds. The van der Waals surface area contributed by atoms with Gasteiger partial charge in [0, 0.05) is 17.8 Å². The van der Waals surface area contributed by atoms with Gasteiger partial charge in [-0.15, -0.1) is 11.3 Å². The number of halogens is 2. The molecule has 0 fully saturated rings. The maximum atomic E-state index is 13.2. The fourth-order valence-corrected chi connectivity index (χ4v) is 4.70. The van der Waals surface area contributed by atoms with Crippen LogP contribution in [0.3, 0.4) is 0 Å². The van der Waals surface area contributed by atoms with Crippen LogP contribution in [0, 0.1) is 12.7 Å². The van der Waals surface area contributed by atoms with E-state index in [2.05, 4.69) is 15.4 Å². The predicted octanol–water partition coefficient (Wildman–Crippen LogP) is 4.82. The second kappa shape index (κ2) is 7.79. The number of carbonyl (C=O) groups excluding carboxylic acids is 1. The number of imidazole rings is 1. The highest BCUT2D eigenvalue weighted by atomic mass is 35.5. The van der Waals surface area contributed by atoms with Crippen molar-refractivity contribution in [2.75, 3.05) is 0 Å². The monoisotopic (exact) mass is 453 g/mol. The number of thiophene rings is 1. The van der Waals surface area contributed by atoms with Gasteiger partial charge in [-0.3, -0.25) is 9.48 Å². The van der Waals surface area contributed by atoms with Crippen LogP contribution in [0.5, 0.6) is 0 Å². The Morgan fingerprint density at radius 3 is 2.81 bits per heavy atom. The molecule has 4 aromatic heterocycles. The molecular formula is C22H17ClFN5OS. The summed E-state index contributed by atoms with van der Waals surface area (Å²) in [4.78, 5) is 18.7. The van der Waals surface area contributed by atoms with Crippen molar-refractivity contribution in [3.63, 3.8) is 0 Å². The Kier molecular flexibility index (Phi) is 4.95. The maximum Gasteiger partial charge on any atom is 0.261 e. The number of rotatable bonds is 5. The molecule has 0 saturated heterocycles. The first-order valence-electron chi connectivity index (χ1n) is 9.59. The summed E-state index contributed by atoms with van der Waals surface area (Å²) in [6.45, 7) is 2.74. The fourth-order valence-electron chi connectivity index (χ4n) is 3.45. The quantitative estimate of drug-likeness (QED) is 0.414. The number of fused-ring (bicyclic) bond motifs is 2. The number of benzene rings is 1. The third-order valence-electron chi connectivity index (χ3n) is 4.97. The lowest BCUT2D eigenvalue weighted by Crippen LogP contribution is -2.21. The molecule has 5 aromatic rings. The summed E-state index contributed by atoms with van der Waals surface area (Å²) in [5, 5.41) is 9.06. The minimum Gasteiger partial charge on any atom is -0.346 e. The molecule has 0 atom stereocenters. The topological polar surface area (TPSA) is 64.2 Å². The van der Waals surface area contributed by atoms with E-state index in [-0.39, 0.29) is 11.7 Å². The van der Waals surface area contributed by atoms with E-state index >= 15 is 0 Å². The normalized spacial score (nSPS) is 11.5. The molecule has 0 aliphatic rings. The van der Waals surface area contributed by atoms with E-state index in [9.17, 15) is 9.18 Å². The first-order valence-corrected chi connectivity index (χ1v) is 10.8. The van der Waals surface area contributed by atoms with Gasteiger partial charge in [0.25, 0.3) is 5.91 Å². The van der Waals surface area contributed by atoms with Crippen molar-refractivity contribution >= 4 is 44.7 Å². The first-order chi connectivity index (χ1) is 15.0. The molecule has 0 aliphatic heterocycles. The highest BCUT2D eigenvalue weighted by Gasteiger charge is 2.17. The van der Waals surface area contributed by atoms with E-state index in [4.69, 9.17) is 11.6 Å². The molecular weight excluding hydrogens is 437 g/mol. The Morgan fingerprint density at radius 2 is 2.00 bits per heavy atom. The molecule has 0 unspecified atom stereocenters. The van der Waals surface area contributed by atoms with E-state index < -0.39 is 0 Å². The van der Waals surface area contributed by atoms with Crippen molar-refractivity contribution in [1.82, 2.24) is 24.5 Å². The van der Waals surface area contributed by atoms with Crippen LogP contribution in [-0.4, -0.2) is 25.1 Å². The average Bonchev–Trinajstić information content (AvgIpc) is 3.43. The van der Waals surface area contributed by atoms with Gasteiger partial charge in [0.1, 0.15) is 16.3 Å². The van der Waals surface area contributed by atoms with Gasteiger partial charge in [-0.2, -0.15) is 5.10 Å². The highest BCUT2D eigenvalue weighted by Crippen LogP contribution is 2.29. The molecule has 1 N–H and O–H groups in total. The second-order valence-electron chi connectivity index (χ2n) is 7.23. The largest absolute Gasteiger partial charge is 0.346 e. The standard InChI is InChI=1S/C22H17ClFN5OS/c1-13-18-8-19(31-22(18)29(27-13)10-14-2-5-16(24)6-3-14)21(30)25-9-17-12-28-11-15(23)4-7-20(28)26-17/h2-8,11-12H,9-10H2,1H3,(H,25,30). The van der Waals surface area contributed by atoms with Crippen LogP contribution in [0.25, 0.3) is 15.9 Å². The fraction of sp³-hybridized carbons (Fsp3) is 0.136. The SMILES string of the molecule is Cc1nn(Cc2ccc(F)cc2)c2sc(C(=O)NCc3cn4cc(Cl)ccc4n3)cc12. The summed E-state index contributed by atoms with van der Waals surface area (Å²) in [7, 11) is 0. The number of amides is 1. The number of aromatic nitrogens is 4. The smallest absolute Gasteiger partial charge is 0.261 e. The Hall–Kier alpha value is -3.23. The van der Waals surface area contributed by atoms with Gasteiger partial charge in [0.05, 0.1) is 34.4 Å². The second-order valence-corrected chi connectivity index (χ2v) is 8.69. The van der Waals surface area contributed by atoms with Crippen LogP contribution >= 0.6 is 22.9 Å². The van der Waals surface area contributed by atoms with Gasteiger partial charge >= 0.3 is 0 Å². The molecule has 156 valence electrons. The summed E-state index contributed by atoms with van der Waals surface area (Å²) in [5.74, 6) is -0.432. The first kappa shape index (κ1) is 19.7. The number of nitrogens with one attached hydrogen (secondary N) is 1. The van der Waals surface area contributed by atoms with Crippen molar-refractivity contribution in [2.45, 2.75) is 20.0 Å². The zero-order valence-electron chi connectivity index (χ0n) is 16.5. The molecule has 0 spiro atoms. The van der Waals surface area contributed by atoms with Crippen molar-refractivity contribution in [3.05, 3.63) is 87.5 Å². The molecule has 9 heteroatoms. The lowest BCUT2D eigenvalue weighted by atomic mass is 10.2. The summed E-state index contributed by atoms with van der Waals surface area (Å²) in [6.07, 6.45) is 3.62. The lowest BCUT2D eigenvalue weighted by Gasteiger charge is -2.03. The van der Waals surface area contributed by atoms with Crippen LogP contribution in [0.4, 0.5) is 4.39 Å². The molecule has 6 nitrogen and oxygen atoms in total. The van der Waals surface area contributed by atoms with Crippen molar-refractivity contribution in [2.24, 2.45) is 0 Å². The molecule has 31 heavy (non-hydrogen) atoms. The summed E-state index contributed by atoms with van der Waals surface area (Å²) in [5.41, 5.74) is 3.31. The summed E-state index contributed by atoms with van der Waals surface area (Å²) in [6, 6.07) is 11.8. The number of aryl methyl sites for hydroxylation is 1. The van der Waals surface area contributed by atoms with E-state index in [1.165, 1.54) is 23.5 Å². The Labute approximate surface area is 185 Å². The molecule has 0 bridgehead atoms. The Morgan fingerprint density at radius 1 is 1.19 bits per heavy atom. The Bertz CT molecular complexity index is 1420. The van der Waals surface area contributed by atoms with Crippen LogP contribution in [0.2, 0.25) is 5.02 Å². The van der Waals surface area contributed by atoms with Crippen LogP contribution in [0.15, 0.2) is 54.9 Å². The molecule has 0 radical (unpaired) electrons. The van der Waals surface area contributed by atoms with Gasteiger partial charge in [-0.05, 0) is 42.8 Å². The molecule has 1 aromatic carbocycles. The van der Waals surface area contributed by atoms with Crippen LogP contribution < -0.4 is 5.32 Å². The minimum absolute atomic E-state index is 0.163. The summed E-state index contributed by atoms with van der Waals surface area (Å²) < 4.78 is 16.9. The number of hydrogen-bond donors (Lipinski definition) is 1. The van der Waals surface area contributed by atoms with Crippen molar-refractivity contribution in [1.29, 1.82) is 0 Å². The van der Waals surface area contributed by atoms with Gasteiger partial charge in [0.2, 0.25) is 0 Å². The highest BCUT2D eigenvalue weighted by molar-refractivity contribution is 7.20. The average molecular weight is 454 g/mol. The van der Waals surface area contributed by atoms with E-state index in [1.54, 1.807) is 24.4 Å². The van der Waals surface area contributed by atoms with Gasteiger partial charge in [-0.25, -0.2) is 9.37 Å². The maximum absolute atomic E-state index is 13.2. The van der Waals surface area contributed by atoms with Crippen molar-refractivity contribution in [3.8, 4) is 0 Å². The van der Waals surface area contributed by atoms with E-state index in [0.29, 0.717) is 23.0 Å². The zero-order chi connectivity index (χ0) is 21.5. The molecule has 5 rings (SSSR count). The third-order valence-corrected chi connectivity index (χ3v) is 6.34.